The molecule has 0 saturated carbocycles. The highest BCUT2D eigenvalue weighted by atomic mass is 35.5. The molecule has 18 heavy (non-hydrogen) atoms. The molecule has 2 aromatic rings. The first-order valence-corrected chi connectivity index (χ1v) is 5.90. The van der Waals surface area contributed by atoms with Gasteiger partial charge in [0.25, 0.3) is 0 Å². The SMILES string of the molecule is CN(C)c1ccccc1Nc1ncc(Cl)cc1N. The molecular weight excluding hydrogens is 248 g/mol. The zero-order valence-corrected chi connectivity index (χ0v) is 11.1. The van der Waals surface area contributed by atoms with Gasteiger partial charge in [-0.2, -0.15) is 0 Å². The van der Waals surface area contributed by atoms with Crippen molar-refractivity contribution < 1.29 is 0 Å². The lowest BCUT2D eigenvalue weighted by Crippen LogP contribution is -2.11. The molecule has 2 rings (SSSR count). The van der Waals surface area contributed by atoms with Crippen LogP contribution in [0.3, 0.4) is 0 Å². The second kappa shape index (κ2) is 5.14. The number of para-hydroxylation sites is 2. The maximum absolute atomic E-state index is 5.87. The molecule has 0 aliphatic heterocycles. The van der Waals surface area contributed by atoms with Gasteiger partial charge in [0.05, 0.1) is 22.1 Å². The molecule has 0 unspecified atom stereocenters. The molecular formula is C13H15ClN4. The minimum Gasteiger partial charge on any atom is -0.396 e. The Balaban J connectivity index is 2.34. The Kier molecular flexibility index (Phi) is 3.58. The maximum atomic E-state index is 5.87. The van der Waals surface area contributed by atoms with E-state index in [4.69, 9.17) is 17.3 Å². The normalized spacial score (nSPS) is 10.2. The summed E-state index contributed by atoms with van der Waals surface area (Å²) in [5.41, 5.74) is 8.41. The highest BCUT2D eigenvalue weighted by Gasteiger charge is 2.07. The summed E-state index contributed by atoms with van der Waals surface area (Å²) in [6, 6.07) is 9.62. The fourth-order valence-electron chi connectivity index (χ4n) is 1.66. The van der Waals surface area contributed by atoms with Gasteiger partial charge < -0.3 is 16.0 Å². The van der Waals surface area contributed by atoms with Crippen molar-refractivity contribution in [2.24, 2.45) is 0 Å². The van der Waals surface area contributed by atoms with Gasteiger partial charge in [0.1, 0.15) is 0 Å². The molecule has 1 heterocycles. The van der Waals surface area contributed by atoms with Crippen molar-refractivity contribution in [3.8, 4) is 0 Å². The Morgan fingerprint density at radius 3 is 2.67 bits per heavy atom. The van der Waals surface area contributed by atoms with Gasteiger partial charge in [-0.25, -0.2) is 4.98 Å². The quantitative estimate of drug-likeness (QED) is 0.892. The van der Waals surface area contributed by atoms with Crippen LogP contribution in [0.25, 0.3) is 0 Å². The zero-order chi connectivity index (χ0) is 13.1. The van der Waals surface area contributed by atoms with Crippen molar-refractivity contribution in [3.63, 3.8) is 0 Å². The van der Waals surface area contributed by atoms with E-state index in [-0.39, 0.29) is 0 Å². The number of hydrogen-bond acceptors (Lipinski definition) is 4. The van der Waals surface area contributed by atoms with Gasteiger partial charge in [-0.15, -0.1) is 0 Å². The van der Waals surface area contributed by atoms with Crippen LogP contribution in [0.15, 0.2) is 36.5 Å². The van der Waals surface area contributed by atoms with E-state index >= 15 is 0 Å². The lowest BCUT2D eigenvalue weighted by molar-refractivity contribution is 1.13. The van der Waals surface area contributed by atoms with Gasteiger partial charge in [-0.05, 0) is 18.2 Å². The largest absolute Gasteiger partial charge is 0.396 e. The van der Waals surface area contributed by atoms with Crippen LogP contribution in [-0.2, 0) is 0 Å². The molecule has 0 amide bonds. The molecule has 1 aromatic carbocycles. The van der Waals surface area contributed by atoms with Crippen LogP contribution in [0.1, 0.15) is 0 Å². The molecule has 0 fully saturated rings. The summed E-state index contributed by atoms with van der Waals surface area (Å²) < 4.78 is 0. The molecule has 0 aliphatic carbocycles. The van der Waals surface area contributed by atoms with Crippen molar-refractivity contribution in [1.82, 2.24) is 4.98 Å². The predicted octanol–water partition coefficient (Wildman–Crippen LogP) is 3.13. The highest BCUT2D eigenvalue weighted by Crippen LogP contribution is 2.29. The molecule has 0 atom stereocenters. The number of nitrogen functional groups attached to an aromatic ring is 1. The molecule has 94 valence electrons. The number of nitrogens with one attached hydrogen (secondary N) is 1. The molecule has 0 bridgehead atoms. The first kappa shape index (κ1) is 12.5. The van der Waals surface area contributed by atoms with Crippen LogP contribution in [-0.4, -0.2) is 19.1 Å². The van der Waals surface area contributed by atoms with E-state index in [0.717, 1.165) is 11.4 Å². The number of rotatable bonds is 3. The number of halogens is 1. The number of pyridine rings is 1. The minimum absolute atomic E-state index is 0.524. The fraction of sp³-hybridized carbons (Fsp3) is 0.154. The van der Waals surface area contributed by atoms with Gasteiger partial charge in [-0.1, -0.05) is 23.7 Å². The average Bonchev–Trinajstić information content (AvgIpc) is 2.33. The summed E-state index contributed by atoms with van der Waals surface area (Å²) in [5, 5.41) is 3.74. The second-order valence-electron chi connectivity index (χ2n) is 4.13. The van der Waals surface area contributed by atoms with Crippen LogP contribution in [0, 0.1) is 0 Å². The van der Waals surface area contributed by atoms with E-state index in [2.05, 4.69) is 10.3 Å². The number of aromatic nitrogens is 1. The van der Waals surface area contributed by atoms with E-state index in [1.165, 1.54) is 0 Å². The van der Waals surface area contributed by atoms with Gasteiger partial charge in [0.15, 0.2) is 5.82 Å². The number of benzene rings is 1. The second-order valence-corrected chi connectivity index (χ2v) is 4.56. The van der Waals surface area contributed by atoms with Crippen LogP contribution in [0.5, 0.6) is 0 Å². The summed E-state index contributed by atoms with van der Waals surface area (Å²) in [6.07, 6.45) is 1.57. The molecule has 1 aromatic heterocycles. The van der Waals surface area contributed by atoms with Crippen molar-refractivity contribution in [2.45, 2.75) is 0 Å². The molecule has 0 aliphatic rings. The summed E-state index contributed by atoms with van der Waals surface area (Å²) in [6.45, 7) is 0. The van der Waals surface area contributed by atoms with Crippen LogP contribution in [0.4, 0.5) is 22.9 Å². The summed E-state index contributed by atoms with van der Waals surface area (Å²) in [4.78, 5) is 6.21. The summed E-state index contributed by atoms with van der Waals surface area (Å²) >= 11 is 5.82. The van der Waals surface area contributed by atoms with E-state index in [9.17, 15) is 0 Å². The minimum atomic E-state index is 0.524. The first-order valence-electron chi connectivity index (χ1n) is 5.52. The molecule has 5 heteroatoms. The number of hydrogen-bond donors (Lipinski definition) is 2. The third kappa shape index (κ3) is 2.65. The highest BCUT2D eigenvalue weighted by molar-refractivity contribution is 6.30. The topological polar surface area (TPSA) is 54.2 Å². The number of anilines is 4. The van der Waals surface area contributed by atoms with Crippen LogP contribution < -0.4 is 16.0 Å². The molecule has 3 N–H and O–H groups in total. The Morgan fingerprint density at radius 2 is 2.00 bits per heavy atom. The molecule has 0 radical (unpaired) electrons. The maximum Gasteiger partial charge on any atom is 0.153 e. The van der Waals surface area contributed by atoms with E-state index in [1.54, 1.807) is 12.3 Å². The van der Waals surface area contributed by atoms with Crippen LogP contribution >= 0.6 is 11.6 Å². The van der Waals surface area contributed by atoms with Crippen molar-refractivity contribution in [1.29, 1.82) is 0 Å². The monoisotopic (exact) mass is 262 g/mol. The number of nitrogens with zero attached hydrogens (tertiary/aromatic N) is 2. The Bertz CT molecular complexity index is 554. The standard InChI is InChI=1S/C13H15ClN4/c1-18(2)12-6-4-3-5-11(12)17-13-10(15)7-9(14)8-16-13/h3-8H,15H2,1-2H3,(H,16,17). The Morgan fingerprint density at radius 1 is 1.28 bits per heavy atom. The van der Waals surface area contributed by atoms with Gasteiger partial charge in [0.2, 0.25) is 0 Å². The predicted molar refractivity (Wildman–Crippen MR) is 77.7 cm³/mol. The Labute approximate surface area is 111 Å². The van der Waals surface area contributed by atoms with E-state index in [0.29, 0.717) is 16.5 Å². The fourth-order valence-corrected chi connectivity index (χ4v) is 1.82. The van der Waals surface area contributed by atoms with Crippen molar-refractivity contribution >= 4 is 34.5 Å². The number of nitrogens with two attached hydrogens (primary N) is 1. The van der Waals surface area contributed by atoms with Gasteiger partial charge >= 0.3 is 0 Å². The van der Waals surface area contributed by atoms with Crippen molar-refractivity contribution in [2.75, 3.05) is 30.0 Å². The third-order valence-corrected chi connectivity index (χ3v) is 2.73. The molecule has 4 nitrogen and oxygen atoms in total. The summed E-state index contributed by atoms with van der Waals surface area (Å²) in [7, 11) is 3.97. The molecule has 0 saturated heterocycles. The van der Waals surface area contributed by atoms with Crippen molar-refractivity contribution in [3.05, 3.63) is 41.6 Å². The lowest BCUT2D eigenvalue weighted by atomic mass is 10.2. The zero-order valence-electron chi connectivity index (χ0n) is 10.3. The van der Waals surface area contributed by atoms with Crippen LogP contribution in [0.2, 0.25) is 5.02 Å². The van der Waals surface area contributed by atoms with E-state index in [1.807, 2.05) is 43.3 Å². The lowest BCUT2D eigenvalue weighted by Gasteiger charge is -2.18. The summed E-state index contributed by atoms with van der Waals surface area (Å²) in [5.74, 6) is 0.605. The Hall–Kier alpha value is -1.94. The smallest absolute Gasteiger partial charge is 0.153 e. The van der Waals surface area contributed by atoms with Gasteiger partial charge in [0, 0.05) is 20.3 Å². The first-order chi connectivity index (χ1) is 8.58. The third-order valence-electron chi connectivity index (χ3n) is 2.52. The van der Waals surface area contributed by atoms with E-state index < -0.39 is 0 Å². The molecule has 0 spiro atoms. The average molecular weight is 263 g/mol. The van der Waals surface area contributed by atoms with Gasteiger partial charge in [-0.3, -0.25) is 0 Å².